The van der Waals surface area contributed by atoms with Gasteiger partial charge in [-0.25, -0.2) is 8.78 Å². The minimum Gasteiger partial charge on any atom is -0.348 e. The Morgan fingerprint density at radius 3 is 2.30 bits per heavy atom. The van der Waals surface area contributed by atoms with Crippen molar-refractivity contribution < 1.29 is 18.4 Å². The third-order valence-electron chi connectivity index (χ3n) is 7.47. The van der Waals surface area contributed by atoms with E-state index in [2.05, 4.69) is 29.0 Å². The van der Waals surface area contributed by atoms with Gasteiger partial charge in [-0.2, -0.15) is 0 Å². The number of pyridine rings is 1. The first-order valence-electron chi connectivity index (χ1n) is 14.0. The number of carbonyl (C=O) groups excluding carboxylic acids is 2. The summed E-state index contributed by atoms with van der Waals surface area (Å²) < 4.78 is 27.8. The van der Waals surface area contributed by atoms with Gasteiger partial charge in [-0.15, -0.1) is 0 Å². The predicted octanol–water partition coefficient (Wildman–Crippen LogP) is 5.75. The van der Waals surface area contributed by atoms with Gasteiger partial charge >= 0.3 is 0 Å². The number of amides is 2. The molecule has 2 heterocycles. The fourth-order valence-electron chi connectivity index (χ4n) is 4.93. The molecule has 0 spiro atoms. The Morgan fingerprint density at radius 1 is 1.02 bits per heavy atom. The Balaban J connectivity index is 1.44. The monoisotopic (exact) mass is 548 g/mol. The molecule has 0 bridgehead atoms. The number of hydrogen-bond acceptors (Lipinski definition) is 4. The van der Waals surface area contributed by atoms with Crippen LogP contribution in [0, 0.1) is 24.5 Å². The van der Waals surface area contributed by atoms with Gasteiger partial charge in [0.25, 0.3) is 11.8 Å². The van der Waals surface area contributed by atoms with Gasteiger partial charge in [-0.1, -0.05) is 38.1 Å². The van der Waals surface area contributed by atoms with E-state index in [4.69, 9.17) is 0 Å². The van der Waals surface area contributed by atoms with Crippen LogP contribution in [0.2, 0.25) is 0 Å². The van der Waals surface area contributed by atoms with Gasteiger partial charge in [0.2, 0.25) is 0 Å². The zero-order valence-electron chi connectivity index (χ0n) is 23.5. The fraction of sp³-hybridized carbons (Fsp3) is 0.406. The third kappa shape index (κ3) is 7.72. The number of aromatic nitrogens is 1. The molecule has 40 heavy (non-hydrogen) atoms. The number of rotatable bonds is 10. The second kappa shape index (κ2) is 13.6. The molecular weight excluding hydrogens is 510 g/mol. The zero-order valence-corrected chi connectivity index (χ0v) is 23.5. The molecule has 1 fully saturated rings. The van der Waals surface area contributed by atoms with Crippen LogP contribution in [-0.2, 0) is 13.1 Å². The number of nitrogens with zero attached hydrogens (tertiary/aromatic N) is 3. The standard InChI is InChI=1S/C32H38F2N4O2/c1-22(2)13-16-37-17-14-26(15-18-37)38(32(40)30-12-7-23(3)19-35-30)21-24-8-10-25(11-9-24)31(39)36-20-27-28(33)5-4-6-29(27)34/h4-12,19,22,26H,13-18,20-21H2,1-3H3,(H,36,39). The third-order valence-corrected chi connectivity index (χ3v) is 7.47. The first-order chi connectivity index (χ1) is 19.2. The minimum absolute atomic E-state index is 0.0875. The van der Waals surface area contributed by atoms with Gasteiger partial charge in [0.15, 0.2) is 0 Å². The summed E-state index contributed by atoms with van der Waals surface area (Å²) in [6.07, 6.45) is 4.65. The SMILES string of the molecule is Cc1ccc(C(=O)N(Cc2ccc(C(=O)NCc3c(F)cccc3F)cc2)C2CCN(CCC(C)C)CC2)nc1. The summed E-state index contributed by atoms with van der Waals surface area (Å²) in [5, 5.41) is 2.58. The van der Waals surface area contributed by atoms with Crippen molar-refractivity contribution in [1.29, 1.82) is 0 Å². The summed E-state index contributed by atoms with van der Waals surface area (Å²) in [5.41, 5.74) is 2.50. The van der Waals surface area contributed by atoms with Crippen molar-refractivity contribution in [2.75, 3.05) is 19.6 Å². The van der Waals surface area contributed by atoms with E-state index in [1.807, 2.05) is 30.0 Å². The van der Waals surface area contributed by atoms with Gasteiger partial charge in [-0.05, 0) is 80.1 Å². The van der Waals surface area contributed by atoms with Crippen LogP contribution in [0.25, 0.3) is 0 Å². The molecule has 1 saturated heterocycles. The van der Waals surface area contributed by atoms with E-state index >= 15 is 0 Å². The molecule has 0 unspecified atom stereocenters. The van der Waals surface area contributed by atoms with Gasteiger partial charge in [0.05, 0.1) is 0 Å². The van der Waals surface area contributed by atoms with E-state index in [1.54, 1.807) is 24.4 Å². The van der Waals surface area contributed by atoms with Gasteiger partial charge < -0.3 is 15.1 Å². The van der Waals surface area contributed by atoms with Crippen molar-refractivity contribution in [2.45, 2.75) is 59.2 Å². The van der Waals surface area contributed by atoms with E-state index in [-0.39, 0.29) is 24.1 Å². The highest BCUT2D eigenvalue weighted by molar-refractivity contribution is 5.94. The highest BCUT2D eigenvalue weighted by Gasteiger charge is 2.29. The Bertz CT molecular complexity index is 1270. The van der Waals surface area contributed by atoms with Crippen molar-refractivity contribution >= 4 is 11.8 Å². The Morgan fingerprint density at radius 2 is 1.70 bits per heavy atom. The predicted molar refractivity (Wildman–Crippen MR) is 152 cm³/mol. The average Bonchev–Trinajstić information content (AvgIpc) is 2.95. The highest BCUT2D eigenvalue weighted by Crippen LogP contribution is 2.22. The van der Waals surface area contributed by atoms with Crippen molar-refractivity contribution in [3.63, 3.8) is 0 Å². The average molecular weight is 549 g/mol. The summed E-state index contributed by atoms with van der Waals surface area (Å²) >= 11 is 0. The number of likely N-dealkylation sites (tertiary alicyclic amines) is 1. The summed E-state index contributed by atoms with van der Waals surface area (Å²) in [5.74, 6) is -1.27. The summed E-state index contributed by atoms with van der Waals surface area (Å²) in [6.45, 7) is 9.53. The lowest BCUT2D eigenvalue weighted by atomic mass is 10.00. The molecule has 0 aliphatic carbocycles. The lowest BCUT2D eigenvalue weighted by Crippen LogP contribution is -2.47. The number of hydrogen-bond donors (Lipinski definition) is 1. The molecule has 0 saturated carbocycles. The molecule has 2 aromatic carbocycles. The molecule has 1 aromatic heterocycles. The Labute approximate surface area is 235 Å². The number of benzene rings is 2. The molecule has 3 aromatic rings. The second-order valence-corrected chi connectivity index (χ2v) is 11.0. The maximum atomic E-state index is 13.9. The first-order valence-corrected chi connectivity index (χ1v) is 14.0. The number of aryl methyl sites for hydroxylation is 1. The van der Waals surface area contributed by atoms with E-state index in [9.17, 15) is 18.4 Å². The van der Waals surface area contributed by atoms with Crippen LogP contribution in [-0.4, -0.2) is 52.3 Å². The number of halogens is 2. The van der Waals surface area contributed by atoms with Crippen molar-refractivity contribution in [2.24, 2.45) is 5.92 Å². The lowest BCUT2D eigenvalue weighted by Gasteiger charge is -2.38. The first kappa shape index (κ1) is 29.3. The van der Waals surface area contributed by atoms with Crippen LogP contribution < -0.4 is 5.32 Å². The van der Waals surface area contributed by atoms with Crippen LogP contribution in [0.3, 0.4) is 0 Å². The normalized spacial score (nSPS) is 14.3. The maximum Gasteiger partial charge on any atom is 0.272 e. The molecule has 1 aliphatic rings. The molecule has 2 amide bonds. The molecule has 0 radical (unpaired) electrons. The van der Waals surface area contributed by atoms with E-state index < -0.39 is 17.5 Å². The highest BCUT2D eigenvalue weighted by atomic mass is 19.1. The van der Waals surface area contributed by atoms with Crippen LogP contribution in [0.1, 0.15) is 70.6 Å². The fourth-order valence-corrected chi connectivity index (χ4v) is 4.93. The number of nitrogens with one attached hydrogen (secondary N) is 1. The van der Waals surface area contributed by atoms with Crippen molar-refractivity contribution in [3.05, 3.63) is 100 Å². The summed E-state index contributed by atoms with van der Waals surface area (Å²) in [6, 6.07) is 14.3. The Kier molecular flexibility index (Phi) is 9.98. The number of carbonyl (C=O) groups is 2. The molecule has 6 nitrogen and oxygen atoms in total. The maximum absolute atomic E-state index is 13.9. The topological polar surface area (TPSA) is 65.5 Å². The van der Waals surface area contributed by atoms with Crippen LogP contribution >= 0.6 is 0 Å². The molecule has 1 N–H and O–H groups in total. The molecule has 8 heteroatoms. The van der Waals surface area contributed by atoms with E-state index in [0.717, 1.165) is 62.2 Å². The second-order valence-electron chi connectivity index (χ2n) is 11.0. The van der Waals surface area contributed by atoms with Crippen LogP contribution in [0.5, 0.6) is 0 Å². The molecule has 1 aliphatic heterocycles. The quantitative estimate of drug-likeness (QED) is 0.350. The minimum atomic E-state index is -0.700. The molecule has 0 atom stereocenters. The van der Waals surface area contributed by atoms with Crippen LogP contribution in [0.15, 0.2) is 60.8 Å². The van der Waals surface area contributed by atoms with Crippen molar-refractivity contribution in [3.8, 4) is 0 Å². The molecule has 212 valence electrons. The smallest absolute Gasteiger partial charge is 0.272 e. The van der Waals surface area contributed by atoms with Crippen molar-refractivity contribution in [1.82, 2.24) is 20.1 Å². The summed E-state index contributed by atoms with van der Waals surface area (Å²) in [7, 11) is 0. The Hall–Kier alpha value is -3.65. The van der Waals surface area contributed by atoms with E-state index in [1.165, 1.54) is 6.07 Å². The molecule has 4 rings (SSSR count). The summed E-state index contributed by atoms with van der Waals surface area (Å²) in [4.78, 5) is 35.0. The van der Waals surface area contributed by atoms with Gasteiger partial charge in [0, 0.05) is 49.5 Å². The van der Waals surface area contributed by atoms with Gasteiger partial charge in [0.1, 0.15) is 17.3 Å². The van der Waals surface area contributed by atoms with Gasteiger partial charge in [-0.3, -0.25) is 14.6 Å². The molecular formula is C32H38F2N4O2. The van der Waals surface area contributed by atoms with E-state index in [0.29, 0.717) is 23.7 Å². The van der Waals surface area contributed by atoms with Crippen LogP contribution in [0.4, 0.5) is 8.78 Å². The largest absolute Gasteiger partial charge is 0.348 e. The lowest BCUT2D eigenvalue weighted by molar-refractivity contribution is 0.0540. The zero-order chi connectivity index (χ0) is 28.6. The number of piperidine rings is 1.